The predicted molar refractivity (Wildman–Crippen MR) is 74.9 cm³/mol. The molecule has 0 radical (unpaired) electrons. The van der Waals surface area contributed by atoms with Crippen molar-refractivity contribution < 1.29 is 4.79 Å². The van der Waals surface area contributed by atoms with Crippen molar-refractivity contribution in [2.45, 2.75) is 50.4 Å². The number of rotatable bonds is 6. The minimum atomic E-state index is 0.0804. The summed E-state index contributed by atoms with van der Waals surface area (Å²) >= 11 is 1.42. The van der Waals surface area contributed by atoms with Crippen LogP contribution in [0.15, 0.2) is 5.16 Å². The maximum absolute atomic E-state index is 11.8. The van der Waals surface area contributed by atoms with Gasteiger partial charge in [0.05, 0.1) is 5.75 Å². The fraction of sp³-hybridized carbons (Fsp3) is 0.750. The average Bonchev–Trinajstić information content (AvgIpc) is 3.00. The van der Waals surface area contributed by atoms with Gasteiger partial charge in [0.1, 0.15) is 5.82 Å². The Balaban J connectivity index is 1.82. The Labute approximate surface area is 117 Å². The maximum atomic E-state index is 11.8. The van der Waals surface area contributed by atoms with E-state index >= 15 is 0 Å². The van der Waals surface area contributed by atoms with Crippen LogP contribution in [0, 0.1) is 6.92 Å². The van der Waals surface area contributed by atoms with E-state index in [9.17, 15) is 4.79 Å². The summed E-state index contributed by atoms with van der Waals surface area (Å²) in [5.74, 6) is 1.31. The van der Waals surface area contributed by atoms with Crippen LogP contribution in [-0.4, -0.2) is 39.0 Å². The van der Waals surface area contributed by atoms with Gasteiger partial charge in [-0.25, -0.2) is 0 Å². The second-order valence-electron chi connectivity index (χ2n) is 4.81. The fourth-order valence-electron chi connectivity index (χ4n) is 2.32. The number of nitrogens with zero attached hydrogens (tertiary/aromatic N) is 3. The summed E-state index contributed by atoms with van der Waals surface area (Å²) in [6.45, 7) is 3.12. The monoisotopic (exact) mass is 283 g/mol. The number of hydrogen-bond donors (Lipinski definition) is 2. The molecule has 0 spiro atoms. The Bertz CT molecular complexity index is 428. The van der Waals surface area contributed by atoms with Crippen LogP contribution in [0.3, 0.4) is 0 Å². The molecular formula is C12H21N5OS. The van der Waals surface area contributed by atoms with Gasteiger partial charge in [0.25, 0.3) is 0 Å². The van der Waals surface area contributed by atoms with Crippen LogP contribution in [0.4, 0.5) is 0 Å². The molecule has 1 saturated carbocycles. The van der Waals surface area contributed by atoms with Gasteiger partial charge in [0.2, 0.25) is 5.91 Å². The topological polar surface area (TPSA) is 85.8 Å². The van der Waals surface area contributed by atoms with Crippen molar-refractivity contribution in [1.82, 2.24) is 20.1 Å². The minimum Gasteiger partial charge on any atom is -0.353 e. The van der Waals surface area contributed by atoms with E-state index in [-0.39, 0.29) is 5.91 Å². The molecule has 2 rings (SSSR count). The molecule has 106 valence electrons. The number of amides is 1. The van der Waals surface area contributed by atoms with Crippen LogP contribution in [0.2, 0.25) is 0 Å². The number of aryl methyl sites for hydroxylation is 1. The molecule has 1 aromatic heterocycles. The maximum Gasteiger partial charge on any atom is 0.230 e. The third-order valence-corrected chi connectivity index (χ3v) is 4.27. The van der Waals surface area contributed by atoms with Crippen LogP contribution in [0.5, 0.6) is 0 Å². The summed E-state index contributed by atoms with van der Waals surface area (Å²) < 4.78 is 1.95. The van der Waals surface area contributed by atoms with Crippen molar-refractivity contribution >= 4 is 17.7 Å². The first kappa shape index (κ1) is 14.3. The molecule has 1 aliphatic rings. The van der Waals surface area contributed by atoms with E-state index in [1.807, 2.05) is 11.5 Å². The zero-order valence-electron chi connectivity index (χ0n) is 11.3. The van der Waals surface area contributed by atoms with Gasteiger partial charge >= 0.3 is 0 Å². The smallest absolute Gasteiger partial charge is 0.230 e. The first-order chi connectivity index (χ1) is 9.20. The largest absolute Gasteiger partial charge is 0.353 e. The fourth-order valence-corrected chi connectivity index (χ4v) is 3.15. The molecule has 1 aliphatic carbocycles. The third-order valence-electron chi connectivity index (χ3n) is 3.31. The van der Waals surface area contributed by atoms with Crippen molar-refractivity contribution in [1.29, 1.82) is 0 Å². The Morgan fingerprint density at radius 2 is 2.21 bits per heavy atom. The summed E-state index contributed by atoms with van der Waals surface area (Å²) in [5.41, 5.74) is 5.56. The molecule has 0 bridgehead atoms. The molecule has 1 fully saturated rings. The lowest BCUT2D eigenvalue weighted by Gasteiger charge is -2.11. The van der Waals surface area contributed by atoms with Crippen LogP contribution in [-0.2, 0) is 11.3 Å². The van der Waals surface area contributed by atoms with Crippen LogP contribution < -0.4 is 11.1 Å². The van der Waals surface area contributed by atoms with Gasteiger partial charge in [-0.15, -0.1) is 10.2 Å². The molecule has 0 atom stereocenters. The number of carbonyl (C=O) groups is 1. The zero-order valence-corrected chi connectivity index (χ0v) is 12.1. The highest BCUT2D eigenvalue weighted by Gasteiger charge is 2.18. The van der Waals surface area contributed by atoms with E-state index in [0.29, 0.717) is 24.9 Å². The molecule has 6 nitrogen and oxygen atoms in total. The van der Waals surface area contributed by atoms with Crippen molar-refractivity contribution in [3.8, 4) is 0 Å². The molecule has 1 aromatic rings. The molecule has 3 N–H and O–H groups in total. The lowest BCUT2D eigenvalue weighted by Crippen LogP contribution is -2.33. The molecule has 1 amide bonds. The third kappa shape index (κ3) is 3.94. The van der Waals surface area contributed by atoms with Gasteiger partial charge in [-0.3, -0.25) is 4.79 Å². The van der Waals surface area contributed by atoms with Crippen LogP contribution in [0.25, 0.3) is 0 Å². The van der Waals surface area contributed by atoms with Crippen molar-refractivity contribution in [3.05, 3.63) is 5.82 Å². The highest BCUT2D eigenvalue weighted by molar-refractivity contribution is 7.99. The number of thioether (sulfide) groups is 1. The zero-order chi connectivity index (χ0) is 13.7. The van der Waals surface area contributed by atoms with Crippen LogP contribution >= 0.6 is 11.8 Å². The van der Waals surface area contributed by atoms with Gasteiger partial charge < -0.3 is 15.6 Å². The molecule has 0 aliphatic heterocycles. The van der Waals surface area contributed by atoms with E-state index in [1.54, 1.807) is 0 Å². The average molecular weight is 283 g/mol. The van der Waals surface area contributed by atoms with Crippen molar-refractivity contribution in [2.24, 2.45) is 5.73 Å². The lowest BCUT2D eigenvalue weighted by molar-refractivity contribution is -0.119. The van der Waals surface area contributed by atoms with E-state index in [4.69, 9.17) is 5.73 Å². The Hall–Kier alpha value is -1.08. The summed E-state index contributed by atoms with van der Waals surface area (Å²) in [6, 6.07) is 0.372. The number of aromatic nitrogens is 3. The van der Waals surface area contributed by atoms with Gasteiger partial charge in [-0.1, -0.05) is 24.6 Å². The van der Waals surface area contributed by atoms with Crippen molar-refractivity contribution in [3.63, 3.8) is 0 Å². The normalized spacial score (nSPS) is 15.9. The first-order valence-corrected chi connectivity index (χ1v) is 7.71. The van der Waals surface area contributed by atoms with E-state index < -0.39 is 0 Å². The molecule has 0 saturated heterocycles. The Morgan fingerprint density at radius 3 is 2.89 bits per heavy atom. The summed E-state index contributed by atoms with van der Waals surface area (Å²) in [6.07, 6.45) is 4.67. The SMILES string of the molecule is Cc1nnc(SCC(=O)NC2CCCC2)n1CCN. The highest BCUT2D eigenvalue weighted by Crippen LogP contribution is 2.19. The molecule has 0 unspecified atom stereocenters. The summed E-state index contributed by atoms with van der Waals surface area (Å²) in [5, 5.41) is 11.9. The second kappa shape index (κ2) is 6.91. The van der Waals surface area contributed by atoms with Gasteiger partial charge in [-0.2, -0.15) is 0 Å². The van der Waals surface area contributed by atoms with Gasteiger partial charge in [0.15, 0.2) is 5.16 Å². The lowest BCUT2D eigenvalue weighted by atomic mass is 10.2. The quantitative estimate of drug-likeness (QED) is 0.750. The van der Waals surface area contributed by atoms with Gasteiger partial charge in [-0.05, 0) is 19.8 Å². The minimum absolute atomic E-state index is 0.0804. The first-order valence-electron chi connectivity index (χ1n) is 6.72. The number of carbonyl (C=O) groups excluding carboxylic acids is 1. The number of hydrogen-bond acceptors (Lipinski definition) is 5. The standard InChI is InChI=1S/C12H21N5OS/c1-9-15-16-12(17(9)7-6-13)19-8-11(18)14-10-4-2-3-5-10/h10H,2-8,13H2,1H3,(H,14,18). The Morgan fingerprint density at radius 1 is 1.47 bits per heavy atom. The molecule has 19 heavy (non-hydrogen) atoms. The summed E-state index contributed by atoms with van der Waals surface area (Å²) in [4.78, 5) is 11.8. The van der Waals surface area contributed by atoms with Crippen molar-refractivity contribution in [2.75, 3.05) is 12.3 Å². The molecular weight excluding hydrogens is 262 g/mol. The number of nitrogens with two attached hydrogens (primary N) is 1. The molecule has 7 heteroatoms. The predicted octanol–water partition coefficient (Wildman–Crippen LogP) is 0.696. The second-order valence-corrected chi connectivity index (χ2v) is 5.75. The van der Waals surface area contributed by atoms with E-state index in [0.717, 1.165) is 23.8 Å². The Kier molecular flexibility index (Phi) is 5.21. The van der Waals surface area contributed by atoms with Gasteiger partial charge in [0, 0.05) is 19.1 Å². The molecule has 0 aromatic carbocycles. The summed E-state index contributed by atoms with van der Waals surface area (Å²) in [7, 11) is 0. The van der Waals surface area contributed by atoms with E-state index in [1.165, 1.54) is 24.6 Å². The molecule has 1 heterocycles. The number of nitrogens with one attached hydrogen (secondary N) is 1. The van der Waals surface area contributed by atoms with Crippen LogP contribution in [0.1, 0.15) is 31.5 Å². The highest BCUT2D eigenvalue weighted by atomic mass is 32.2. The van der Waals surface area contributed by atoms with E-state index in [2.05, 4.69) is 15.5 Å².